The molecule has 1 aromatic heterocycles. The molecule has 1 aromatic rings. The fourth-order valence-corrected chi connectivity index (χ4v) is 2.25. The van der Waals surface area contributed by atoms with Crippen LogP contribution in [-0.4, -0.2) is 35.3 Å². The second-order valence-electron chi connectivity index (χ2n) is 5.33. The van der Waals surface area contributed by atoms with E-state index in [9.17, 15) is 9.59 Å². The van der Waals surface area contributed by atoms with Crippen LogP contribution in [0.4, 0.5) is 0 Å². The molecule has 6 nitrogen and oxygen atoms in total. The summed E-state index contributed by atoms with van der Waals surface area (Å²) >= 11 is 0. The lowest BCUT2D eigenvalue weighted by Crippen LogP contribution is -2.24. The van der Waals surface area contributed by atoms with Gasteiger partial charge in [0.25, 0.3) is 5.91 Å². The molecule has 21 heavy (non-hydrogen) atoms. The van der Waals surface area contributed by atoms with Crippen molar-refractivity contribution in [3.05, 3.63) is 29.6 Å². The molecule has 1 unspecified atom stereocenters. The molecule has 1 atom stereocenters. The standard InChI is InChI=1S/C15H21N3O3/c1-10-9-13(17-18(10)11(2)12-6-7-12)15(20)16-8-4-5-14(19)21-3/h4-5,9,11-12H,6-8H2,1-3H3,(H,16,20)/b5-4+. The van der Waals surface area contributed by atoms with Gasteiger partial charge in [0.15, 0.2) is 0 Å². The number of methoxy groups -OCH3 is 1. The van der Waals surface area contributed by atoms with E-state index in [0.717, 1.165) is 5.69 Å². The lowest BCUT2D eigenvalue weighted by atomic mass is 10.2. The molecule has 0 bridgehead atoms. The van der Waals surface area contributed by atoms with Crippen molar-refractivity contribution in [1.82, 2.24) is 15.1 Å². The van der Waals surface area contributed by atoms with E-state index >= 15 is 0 Å². The van der Waals surface area contributed by atoms with Gasteiger partial charge in [-0.15, -0.1) is 0 Å². The Labute approximate surface area is 124 Å². The number of aromatic nitrogens is 2. The molecule has 2 rings (SSSR count). The number of hydrogen-bond acceptors (Lipinski definition) is 4. The maximum atomic E-state index is 12.0. The minimum Gasteiger partial charge on any atom is -0.466 e. The first kappa shape index (κ1) is 15.3. The number of hydrogen-bond donors (Lipinski definition) is 1. The summed E-state index contributed by atoms with van der Waals surface area (Å²) in [5, 5.41) is 7.08. The maximum absolute atomic E-state index is 12.0. The number of carbonyl (C=O) groups excluding carboxylic acids is 2. The Hall–Kier alpha value is -2.11. The molecule has 0 radical (unpaired) electrons. The van der Waals surface area contributed by atoms with E-state index in [0.29, 0.717) is 17.7 Å². The van der Waals surface area contributed by atoms with Crippen LogP contribution >= 0.6 is 0 Å². The molecular formula is C15H21N3O3. The molecule has 0 spiro atoms. The molecule has 1 N–H and O–H groups in total. The van der Waals surface area contributed by atoms with Gasteiger partial charge in [-0.05, 0) is 38.7 Å². The molecular weight excluding hydrogens is 270 g/mol. The summed E-state index contributed by atoms with van der Waals surface area (Å²) in [6, 6.07) is 2.13. The molecule has 0 aliphatic heterocycles. The zero-order valence-electron chi connectivity index (χ0n) is 12.6. The van der Waals surface area contributed by atoms with E-state index in [4.69, 9.17) is 0 Å². The van der Waals surface area contributed by atoms with Crippen molar-refractivity contribution in [2.75, 3.05) is 13.7 Å². The number of aryl methyl sites for hydroxylation is 1. The predicted octanol–water partition coefficient (Wildman–Crippen LogP) is 1.62. The van der Waals surface area contributed by atoms with Gasteiger partial charge in [-0.3, -0.25) is 9.48 Å². The Morgan fingerprint density at radius 2 is 2.29 bits per heavy atom. The van der Waals surface area contributed by atoms with Crippen LogP contribution in [0.3, 0.4) is 0 Å². The highest BCUT2D eigenvalue weighted by Crippen LogP contribution is 2.39. The van der Waals surface area contributed by atoms with Gasteiger partial charge in [-0.25, -0.2) is 4.79 Å². The maximum Gasteiger partial charge on any atom is 0.330 e. The summed E-state index contributed by atoms with van der Waals surface area (Å²) in [4.78, 5) is 22.9. The highest BCUT2D eigenvalue weighted by Gasteiger charge is 2.30. The molecule has 1 heterocycles. The molecule has 1 fully saturated rings. The first-order valence-corrected chi connectivity index (χ1v) is 7.11. The van der Waals surface area contributed by atoms with Crippen LogP contribution in [0.1, 0.15) is 42.0 Å². The van der Waals surface area contributed by atoms with Gasteiger partial charge >= 0.3 is 5.97 Å². The molecule has 1 aliphatic rings. The first-order chi connectivity index (χ1) is 10.0. The SMILES string of the molecule is COC(=O)/C=C/CNC(=O)c1cc(C)n(C(C)C2CC2)n1. The third-order valence-electron chi connectivity index (χ3n) is 3.68. The number of nitrogens with one attached hydrogen (secondary N) is 1. The Balaban J connectivity index is 1.92. The highest BCUT2D eigenvalue weighted by molar-refractivity contribution is 5.92. The molecule has 1 aliphatic carbocycles. The van der Waals surface area contributed by atoms with Crippen LogP contribution in [0.5, 0.6) is 0 Å². The van der Waals surface area contributed by atoms with Crippen LogP contribution in [0.15, 0.2) is 18.2 Å². The fourth-order valence-electron chi connectivity index (χ4n) is 2.25. The van der Waals surface area contributed by atoms with Crippen molar-refractivity contribution in [2.24, 2.45) is 5.92 Å². The Bertz CT molecular complexity index is 559. The second-order valence-corrected chi connectivity index (χ2v) is 5.33. The van der Waals surface area contributed by atoms with Crippen LogP contribution in [0.2, 0.25) is 0 Å². The van der Waals surface area contributed by atoms with Crippen LogP contribution in [-0.2, 0) is 9.53 Å². The lowest BCUT2D eigenvalue weighted by molar-refractivity contribution is -0.134. The monoisotopic (exact) mass is 291 g/mol. The number of carbonyl (C=O) groups is 2. The van der Waals surface area contributed by atoms with E-state index in [-0.39, 0.29) is 12.5 Å². The topological polar surface area (TPSA) is 73.2 Å². The van der Waals surface area contributed by atoms with Gasteiger partial charge in [0, 0.05) is 18.3 Å². The molecule has 0 aromatic carbocycles. The average Bonchev–Trinajstić information content (AvgIpc) is 3.25. The largest absolute Gasteiger partial charge is 0.466 e. The normalized spacial score (nSPS) is 16.0. The quantitative estimate of drug-likeness (QED) is 0.638. The minimum absolute atomic E-state index is 0.241. The zero-order chi connectivity index (χ0) is 15.4. The van der Waals surface area contributed by atoms with Gasteiger partial charge in [0.2, 0.25) is 0 Å². The molecule has 114 valence electrons. The predicted molar refractivity (Wildman–Crippen MR) is 77.9 cm³/mol. The molecule has 6 heteroatoms. The Morgan fingerprint density at radius 3 is 2.90 bits per heavy atom. The number of rotatable bonds is 6. The van der Waals surface area contributed by atoms with Crippen LogP contribution in [0, 0.1) is 12.8 Å². The van der Waals surface area contributed by atoms with Crippen molar-refractivity contribution < 1.29 is 14.3 Å². The summed E-state index contributed by atoms with van der Waals surface area (Å²) in [5.41, 5.74) is 1.40. The van der Waals surface area contributed by atoms with E-state index < -0.39 is 5.97 Å². The Morgan fingerprint density at radius 1 is 1.57 bits per heavy atom. The number of ether oxygens (including phenoxy) is 1. The lowest BCUT2D eigenvalue weighted by Gasteiger charge is -2.12. The van der Waals surface area contributed by atoms with Gasteiger partial charge in [-0.2, -0.15) is 5.10 Å². The number of nitrogens with zero attached hydrogens (tertiary/aromatic N) is 2. The molecule has 1 amide bonds. The zero-order valence-corrected chi connectivity index (χ0v) is 12.6. The van der Waals surface area contributed by atoms with Crippen molar-refractivity contribution in [1.29, 1.82) is 0 Å². The number of esters is 1. The van der Waals surface area contributed by atoms with Crippen molar-refractivity contribution >= 4 is 11.9 Å². The minimum atomic E-state index is -0.442. The first-order valence-electron chi connectivity index (χ1n) is 7.11. The van der Waals surface area contributed by atoms with Crippen molar-refractivity contribution in [3.63, 3.8) is 0 Å². The van der Waals surface area contributed by atoms with Crippen LogP contribution in [0.25, 0.3) is 0 Å². The average molecular weight is 291 g/mol. The summed E-state index contributed by atoms with van der Waals surface area (Å²) in [7, 11) is 1.31. The van der Waals surface area contributed by atoms with E-state index in [1.165, 1.54) is 26.0 Å². The molecule has 0 saturated heterocycles. The number of amides is 1. The van der Waals surface area contributed by atoms with E-state index in [1.54, 1.807) is 12.1 Å². The third-order valence-corrected chi connectivity index (χ3v) is 3.68. The van der Waals surface area contributed by atoms with E-state index in [2.05, 4.69) is 22.1 Å². The van der Waals surface area contributed by atoms with Gasteiger partial charge in [-0.1, -0.05) is 6.08 Å². The van der Waals surface area contributed by atoms with Gasteiger partial charge in [0.1, 0.15) is 5.69 Å². The highest BCUT2D eigenvalue weighted by atomic mass is 16.5. The van der Waals surface area contributed by atoms with Crippen molar-refractivity contribution in [2.45, 2.75) is 32.7 Å². The van der Waals surface area contributed by atoms with E-state index in [1.807, 2.05) is 11.6 Å². The molecule has 1 saturated carbocycles. The Kier molecular flexibility index (Phi) is 4.77. The summed E-state index contributed by atoms with van der Waals surface area (Å²) in [6.07, 6.45) is 5.29. The fraction of sp³-hybridized carbons (Fsp3) is 0.533. The second kappa shape index (κ2) is 6.56. The van der Waals surface area contributed by atoms with Gasteiger partial charge in [0.05, 0.1) is 13.2 Å². The van der Waals surface area contributed by atoms with Crippen LogP contribution < -0.4 is 5.32 Å². The summed E-state index contributed by atoms with van der Waals surface area (Å²) in [6.45, 7) is 4.36. The summed E-state index contributed by atoms with van der Waals surface area (Å²) in [5.74, 6) is -0.000469. The third kappa shape index (κ3) is 3.93. The smallest absolute Gasteiger partial charge is 0.330 e. The summed E-state index contributed by atoms with van der Waals surface area (Å²) < 4.78 is 6.39. The van der Waals surface area contributed by atoms with Crippen molar-refractivity contribution in [3.8, 4) is 0 Å². The van der Waals surface area contributed by atoms with Gasteiger partial charge < -0.3 is 10.1 Å².